The number of nitrogens with zero attached hydrogens (tertiary/aromatic N) is 3. The number of piperazine rings is 1. The highest BCUT2D eigenvalue weighted by Crippen LogP contribution is 2.27. The SMILES string of the molecule is N#Cc1ccc(N2CCN(CO)CC2)c(Cl)c1. The second kappa shape index (κ2) is 5.37. The number of anilines is 1. The predicted molar refractivity (Wildman–Crippen MR) is 67.0 cm³/mol. The topological polar surface area (TPSA) is 50.5 Å². The first-order valence-corrected chi connectivity index (χ1v) is 5.90. The Kier molecular flexibility index (Phi) is 3.85. The van der Waals surface area contributed by atoms with Gasteiger partial charge in [-0.1, -0.05) is 11.6 Å². The Morgan fingerprint density at radius 3 is 2.53 bits per heavy atom. The zero-order valence-electron chi connectivity index (χ0n) is 9.43. The normalized spacial score (nSPS) is 16.9. The van der Waals surface area contributed by atoms with E-state index in [4.69, 9.17) is 22.0 Å². The lowest BCUT2D eigenvalue weighted by Gasteiger charge is -2.35. The molecular formula is C12H14ClN3O. The van der Waals surface area contributed by atoms with E-state index in [0.717, 1.165) is 31.9 Å². The molecule has 0 radical (unpaired) electrons. The van der Waals surface area contributed by atoms with Crippen LogP contribution in [0.25, 0.3) is 0 Å². The molecule has 1 fully saturated rings. The quantitative estimate of drug-likeness (QED) is 0.861. The Bertz CT molecular complexity index is 436. The molecule has 1 aliphatic heterocycles. The van der Waals surface area contributed by atoms with Gasteiger partial charge in [0.15, 0.2) is 0 Å². The van der Waals surface area contributed by atoms with Crippen LogP contribution >= 0.6 is 11.6 Å². The van der Waals surface area contributed by atoms with Gasteiger partial charge in [-0.2, -0.15) is 5.26 Å². The molecule has 1 heterocycles. The van der Waals surface area contributed by atoms with E-state index in [1.807, 2.05) is 11.0 Å². The number of rotatable bonds is 2. The molecule has 1 aromatic rings. The lowest BCUT2D eigenvalue weighted by Crippen LogP contribution is -2.46. The van der Waals surface area contributed by atoms with Gasteiger partial charge in [-0.25, -0.2) is 0 Å². The Labute approximate surface area is 106 Å². The zero-order chi connectivity index (χ0) is 12.3. The molecule has 0 atom stereocenters. The summed E-state index contributed by atoms with van der Waals surface area (Å²) in [6, 6.07) is 7.42. The zero-order valence-corrected chi connectivity index (χ0v) is 10.2. The molecule has 5 heteroatoms. The average Bonchev–Trinajstić information content (AvgIpc) is 2.39. The van der Waals surface area contributed by atoms with Gasteiger partial charge in [0, 0.05) is 26.2 Å². The fourth-order valence-electron chi connectivity index (χ4n) is 1.96. The fourth-order valence-corrected chi connectivity index (χ4v) is 2.26. The number of benzene rings is 1. The summed E-state index contributed by atoms with van der Waals surface area (Å²) in [7, 11) is 0. The first-order valence-electron chi connectivity index (χ1n) is 5.52. The van der Waals surface area contributed by atoms with Crippen LogP contribution in [0.1, 0.15) is 5.56 Å². The van der Waals surface area contributed by atoms with Crippen LogP contribution in [-0.2, 0) is 0 Å². The maximum atomic E-state index is 9.02. The molecule has 0 bridgehead atoms. The van der Waals surface area contributed by atoms with Crippen molar-refractivity contribution in [3.63, 3.8) is 0 Å². The third kappa shape index (κ3) is 2.70. The van der Waals surface area contributed by atoms with Crippen LogP contribution in [0.4, 0.5) is 5.69 Å². The molecular weight excluding hydrogens is 238 g/mol. The van der Waals surface area contributed by atoms with Crippen LogP contribution < -0.4 is 4.90 Å². The summed E-state index contributed by atoms with van der Waals surface area (Å²) in [5.74, 6) is 0. The van der Waals surface area contributed by atoms with Gasteiger partial charge >= 0.3 is 0 Å². The van der Waals surface area contributed by atoms with Gasteiger partial charge in [-0.3, -0.25) is 4.90 Å². The van der Waals surface area contributed by atoms with Crippen molar-refractivity contribution in [2.45, 2.75) is 0 Å². The predicted octanol–water partition coefficient (Wildman–Crippen LogP) is 1.28. The number of hydrogen-bond acceptors (Lipinski definition) is 4. The van der Waals surface area contributed by atoms with Crippen LogP contribution in [0.5, 0.6) is 0 Å². The van der Waals surface area contributed by atoms with Gasteiger partial charge in [0.1, 0.15) is 0 Å². The Hall–Kier alpha value is -1.28. The summed E-state index contributed by atoms with van der Waals surface area (Å²) in [6.07, 6.45) is 0. The van der Waals surface area contributed by atoms with Crippen molar-refractivity contribution in [2.75, 3.05) is 37.8 Å². The first-order chi connectivity index (χ1) is 8.24. The molecule has 17 heavy (non-hydrogen) atoms. The number of aliphatic hydroxyl groups is 1. The third-order valence-corrected chi connectivity index (χ3v) is 3.29. The maximum absolute atomic E-state index is 9.02. The van der Waals surface area contributed by atoms with E-state index < -0.39 is 0 Å². The highest BCUT2D eigenvalue weighted by molar-refractivity contribution is 6.33. The van der Waals surface area contributed by atoms with Crippen molar-refractivity contribution in [1.82, 2.24) is 4.90 Å². The molecule has 0 unspecified atom stereocenters. The summed E-state index contributed by atoms with van der Waals surface area (Å²) in [5, 5.41) is 18.4. The minimum atomic E-state index is 0.106. The van der Waals surface area contributed by atoms with Gasteiger partial charge in [0.25, 0.3) is 0 Å². The van der Waals surface area contributed by atoms with E-state index in [-0.39, 0.29) is 6.73 Å². The van der Waals surface area contributed by atoms with Crippen LogP contribution in [-0.4, -0.2) is 42.9 Å². The standard InChI is InChI=1S/C12H14ClN3O/c13-11-7-10(8-14)1-2-12(11)16-5-3-15(9-17)4-6-16/h1-2,7,17H,3-6,9H2. The molecule has 90 valence electrons. The maximum Gasteiger partial charge on any atom is 0.0992 e. The number of nitriles is 1. The second-order valence-corrected chi connectivity index (χ2v) is 4.43. The van der Waals surface area contributed by atoms with E-state index in [1.54, 1.807) is 12.1 Å². The highest BCUT2D eigenvalue weighted by Gasteiger charge is 2.18. The van der Waals surface area contributed by atoms with Crippen LogP contribution in [0, 0.1) is 11.3 Å². The Morgan fingerprint density at radius 2 is 2.00 bits per heavy atom. The number of hydrogen-bond donors (Lipinski definition) is 1. The summed E-state index contributed by atoms with van der Waals surface area (Å²) in [5.41, 5.74) is 1.54. The smallest absolute Gasteiger partial charge is 0.0992 e. The molecule has 0 amide bonds. The van der Waals surface area contributed by atoms with Crippen LogP contribution in [0.15, 0.2) is 18.2 Å². The minimum absolute atomic E-state index is 0.106. The second-order valence-electron chi connectivity index (χ2n) is 4.02. The van der Waals surface area contributed by atoms with E-state index in [0.29, 0.717) is 10.6 Å². The van der Waals surface area contributed by atoms with E-state index in [2.05, 4.69) is 11.0 Å². The van der Waals surface area contributed by atoms with Gasteiger partial charge in [-0.15, -0.1) is 0 Å². The first kappa shape index (κ1) is 12.2. The summed E-state index contributed by atoms with van der Waals surface area (Å²) >= 11 is 6.16. The third-order valence-electron chi connectivity index (χ3n) is 2.99. The van der Waals surface area contributed by atoms with Gasteiger partial charge in [0.05, 0.1) is 29.1 Å². The van der Waals surface area contributed by atoms with Crippen molar-refractivity contribution < 1.29 is 5.11 Å². The molecule has 0 saturated carbocycles. The molecule has 1 aliphatic rings. The molecule has 1 aromatic carbocycles. The van der Waals surface area contributed by atoms with E-state index >= 15 is 0 Å². The van der Waals surface area contributed by atoms with Crippen molar-refractivity contribution >= 4 is 17.3 Å². The summed E-state index contributed by atoms with van der Waals surface area (Å²) < 4.78 is 0. The van der Waals surface area contributed by atoms with Crippen LogP contribution in [0.3, 0.4) is 0 Å². The van der Waals surface area contributed by atoms with Crippen molar-refractivity contribution in [2.24, 2.45) is 0 Å². The highest BCUT2D eigenvalue weighted by atomic mass is 35.5. The molecule has 1 saturated heterocycles. The number of halogens is 1. The lowest BCUT2D eigenvalue weighted by molar-refractivity contribution is 0.102. The fraction of sp³-hybridized carbons (Fsp3) is 0.417. The molecule has 0 aromatic heterocycles. The van der Waals surface area contributed by atoms with Crippen molar-refractivity contribution in [1.29, 1.82) is 5.26 Å². The molecule has 0 aliphatic carbocycles. The molecule has 0 spiro atoms. The average molecular weight is 252 g/mol. The molecule has 2 rings (SSSR count). The van der Waals surface area contributed by atoms with Crippen molar-refractivity contribution in [3.05, 3.63) is 28.8 Å². The summed E-state index contributed by atoms with van der Waals surface area (Å²) in [4.78, 5) is 4.16. The Morgan fingerprint density at radius 1 is 1.29 bits per heavy atom. The Balaban J connectivity index is 2.11. The number of aliphatic hydroxyl groups excluding tert-OH is 1. The monoisotopic (exact) mass is 251 g/mol. The van der Waals surface area contributed by atoms with Gasteiger partial charge in [-0.05, 0) is 18.2 Å². The van der Waals surface area contributed by atoms with E-state index in [9.17, 15) is 0 Å². The lowest BCUT2D eigenvalue weighted by atomic mass is 10.2. The van der Waals surface area contributed by atoms with Gasteiger partial charge in [0.2, 0.25) is 0 Å². The molecule has 1 N–H and O–H groups in total. The van der Waals surface area contributed by atoms with Crippen molar-refractivity contribution in [3.8, 4) is 6.07 Å². The largest absolute Gasteiger partial charge is 0.381 e. The molecule has 4 nitrogen and oxygen atoms in total. The van der Waals surface area contributed by atoms with Crippen LogP contribution in [0.2, 0.25) is 5.02 Å². The van der Waals surface area contributed by atoms with Gasteiger partial charge < -0.3 is 10.0 Å². The summed E-state index contributed by atoms with van der Waals surface area (Å²) in [6.45, 7) is 3.44. The minimum Gasteiger partial charge on any atom is -0.381 e. The van der Waals surface area contributed by atoms with E-state index in [1.165, 1.54) is 0 Å².